The number of methoxy groups -OCH3 is 1. The number of pyridine rings is 1. The monoisotopic (exact) mass is 231 g/mol. The van der Waals surface area contributed by atoms with Gasteiger partial charge in [0.05, 0.1) is 7.11 Å². The number of thioether (sulfide) groups is 1. The number of fused-ring (bicyclic) bond motifs is 1. The fraction of sp³-hybridized carbons (Fsp3) is 0.154. The zero-order valence-electron chi connectivity index (χ0n) is 9.14. The molecule has 0 amide bonds. The highest BCUT2D eigenvalue weighted by atomic mass is 32.2. The number of hydrogen-bond donors (Lipinski definition) is 0. The molecule has 1 aromatic heterocycles. The number of rotatable bonds is 4. The number of ether oxygens (including phenoxy) is 1. The van der Waals surface area contributed by atoms with E-state index in [1.54, 1.807) is 18.9 Å². The van der Waals surface area contributed by atoms with Crippen LogP contribution in [0.4, 0.5) is 0 Å². The van der Waals surface area contributed by atoms with Gasteiger partial charge in [0, 0.05) is 17.2 Å². The summed E-state index contributed by atoms with van der Waals surface area (Å²) in [5.74, 6) is 1.51. The van der Waals surface area contributed by atoms with Gasteiger partial charge in [0.1, 0.15) is 5.03 Å². The van der Waals surface area contributed by atoms with Crippen molar-refractivity contribution in [2.45, 2.75) is 5.03 Å². The zero-order valence-corrected chi connectivity index (χ0v) is 9.96. The summed E-state index contributed by atoms with van der Waals surface area (Å²) in [6.45, 7) is 3.72. The molecule has 0 atom stereocenters. The van der Waals surface area contributed by atoms with Crippen molar-refractivity contribution in [3.8, 4) is 5.88 Å². The van der Waals surface area contributed by atoms with E-state index < -0.39 is 0 Å². The lowest BCUT2D eigenvalue weighted by atomic mass is 10.2. The average Bonchev–Trinajstić information content (AvgIpc) is 2.35. The van der Waals surface area contributed by atoms with Crippen LogP contribution in [0.3, 0.4) is 0 Å². The quantitative estimate of drug-likeness (QED) is 0.593. The predicted molar refractivity (Wildman–Crippen MR) is 69.2 cm³/mol. The highest BCUT2D eigenvalue weighted by Gasteiger charge is 2.05. The molecule has 3 heteroatoms. The van der Waals surface area contributed by atoms with Gasteiger partial charge in [-0.25, -0.2) is 4.98 Å². The van der Waals surface area contributed by atoms with Crippen LogP contribution in [0.15, 0.2) is 48.0 Å². The maximum absolute atomic E-state index is 5.19. The molecule has 1 heterocycles. The summed E-state index contributed by atoms with van der Waals surface area (Å²) >= 11 is 1.67. The Kier molecular flexibility index (Phi) is 3.47. The first-order valence-corrected chi connectivity index (χ1v) is 6.01. The minimum absolute atomic E-state index is 0.658. The van der Waals surface area contributed by atoms with Gasteiger partial charge in [0.2, 0.25) is 5.88 Å². The molecule has 2 rings (SSSR count). The van der Waals surface area contributed by atoms with Crippen molar-refractivity contribution in [2.24, 2.45) is 0 Å². The molecule has 0 aliphatic heterocycles. The van der Waals surface area contributed by atoms with Crippen LogP contribution >= 0.6 is 11.8 Å². The molecule has 0 aliphatic rings. The summed E-state index contributed by atoms with van der Waals surface area (Å²) in [7, 11) is 1.64. The summed E-state index contributed by atoms with van der Waals surface area (Å²) in [6.07, 6.45) is 1.88. The van der Waals surface area contributed by atoms with Crippen molar-refractivity contribution in [3.63, 3.8) is 0 Å². The van der Waals surface area contributed by atoms with Crippen LogP contribution in [0.25, 0.3) is 10.8 Å². The molecule has 0 saturated carbocycles. The minimum atomic E-state index is 0.658. The molecular weight excluding hydrogens is 218 g/mol. The first-order chi connectivity index (χ1) is 7.85. The molecule has 2 aromatic rings. The van der Waals surface area contributed by atoms with E-state index in [9.17, 15) is 0 Å². The summed E-state index contributed by atoms with van der Waals surface area (Å²) in [5.41, 5.74) is 0. The largest absolute Gasteiger partial charge is 0.481 e. The standard InChI is InChI=1S/C13H13NOS/c1-3-8-16-13-11-7-5-4-6-10(11)9-12(14-13)15-2/h3-7,9H,1,8H2,2H3. The SMILES string of the molecule is C=CCSc1nc(OC)cc2ccccc12. The van der Waals surface area contributed by atoms with Crippen LogP contribution in [-0.2, 0) is 0 Å². The third-order valence-electron chi connectivity index (χ3n) is 2.23. The molecular formula is C13H13NOS. The van der Waals surface area contributed by atoms with Crippen LogP contribution < -0.4 is 4.74 Å². The van der Waals surface area contributed by atoms with E-state index >= 15 is 0 Å². The third kappa shape index (κ3) is 2.19. The topological polar surface area (TPSA) is 22.1 Å². The highest BCUT2D eigenvalue weighted by molar-refractivity contribution is 7.99. The first kappa shape index (κ1) is 11.0. The fourth-order valence-corrected chi connectivity index (χ4v) is 2.27. The highest BCUT2D eigenvalue weighted by Crippen LogP contribution is 2.29. The van der Waals surface area contributed by atoms with Gasteiger partial charge in [0.15, 0.2) is 0 Å². The second-order valence-electron chi connectivity index (χ2n) is 3.29. The Morgan fingerprint density at radius 3 is 3.00 bits per heavy atom. The molecule has 0 aliphatic carbocycles. The van der Waals surface area contributed by atoms with Gasteiger partial charge in [-0.05, 0) is 5.39 Å². The van der Waals surface area contributed by atoms with Gasteiger partial charge in [-0.3, -0.25) is 0 Å². The lowest BCUT2D eigenvalue weighted by Crippen LogP contribution is -1.91. The molecule has 0 bridgehead atoms. The maximum Gasteiger partial charge on any atom is 0.214 e. The summed E-state index contributed by atoms with van der Waals surface area (Å²) in [4.78, 5) is 4.45. The molecule has 82 valence electrons. The third-order valence-corrected chi connectivity index (χ3v) is 3.22. The van der Waals surface area contributed by atoms with Crippen LogP contribution in [0, 0.1) is 0 Å². The summed E-state index contributed by atoms with van der Waals surface area (Å²) < 4.78 is 5.19. The average molecular weight is 231 g/mol. The van der Waals surface area contributed by atoms with Crippen LogP contribution in [0.2, 0.25) is 0 Å². The Hall–Kier alpha value is -1.48. The van der Waals surface area contributed by atoms with E-state index in [-0.39, 0.29) is 0 Å². The van der Waals surface area contributed by atoms with Crippen LogP contribution in [0.5, 0.6) is 5.88 Å². The Balaban J connectivity index is 2.54. The van der Waals surface area contributed by atoms with Gasteiger partial charge in [-0.2, -0.15) is 0 Å². The van der Waals surface area contributed by atoms with E-state index in [4.69, 9.17) is 4.74 Å². The number of nitrogens with zero attached hydrogens (tertiary/aromatic N) is 1. The lowest BCUT2D eigenvalue weighted by Gasteiger charge is -2.07. The Morgan fingerprint density at radius 1 is 1.44 bits per heavy atom. The minimum Gasteiger partial charge on any atom is -0.481 e. The number of benzene rings is 1. The molecule has 0 unspecified atom stereocenters. The predicted octanol–water partition coefficient (Wildman–Crippen LogP) is 3.52. The molecule has 1 aromatic carbocycles. The van der Waals surface area contributed by atoms with Crippen molar-refractivity contribution in [1.82, 2.24) is 4.98 Å². The van der Waals surface area contributed by atoms with Crippen molar-refractivity contribution in [1.29, 1.82) is 0 Å². The molecule has 0 fully saturated rings. The summed E-state index contributed by atoms with van der Waals surface area (Å²) in [6, 6.07) is 10.1. The number of aromatic nitrogens is 1. The van der Waals surface area contributed by atoms with Crippen molar-refractivity contribution >= 4 is 22.5 Å². The Bertz CT molecular complexity index is 510. The molecule has 2 nitrogen and oxygen atoms in total. The zero-order chi connectivity index (χ0) is 11.4. The van der Waals surface area contributed by atoms with Crippen molar-refractivity contribution in [3.05, 3.63) is 43.0 Å². The van der Waals surface area contributed by atoms with Gasteiger partial charge < -0.3 is 4.74 Å². The molecule has 0 saturated heterocycles. The van der Waals surface area contributed by atoms with Gasteiger partial charge in [-0.15, -0.1) is 18.3 Å². The smallest absolute Gasteiger partial charge is 0.214 e. The van der Waals surface area contributed by atoms with Gasteiger partial charge in [0.25, 0.3) is 0 Å². The van der Waals surface area contributed by atoms with Crippen molar-refractivity contribution < 1.29 is 4.74 Å². The Labute approximate surface area is 99.3 Å². The summed E-state index contributed by atoms with van der Waals surface area (Å²) in [5, 5.41) is 3.31. The Morgan fingerprint density at radius 2 is 2.25 bits per heavy atom. The van der Waals surface area contributed by atoms with Gasteiger partial charge in [-0.1, -0.05) is 30.3 Å². The van der Waals surface area contributed by atoms with E-state index in [0.29, 0.717) is 5.88 Å². The second kappa shape index (κ2) is 5.03. The van der Waals surface area contributed by atoms with E-state index in [0.717, 1.165) is 21.6 Å². The van der Waals surface area contributed by atoms with Crippen LogP contribution in [0.1, 0.15) is 0 Å². The molecule has 0 radical (unpaired) electrons. The molecule has 0 spiro atoms. The van der Waals surface area contributed by atoms with E-state index in [2.05, 4.69) is 23.7 Å². The second-order valence-corrected chi connectivity index (χ2v) is 4.30. The van der Waals surface area contributed by atoms with Crippen LogP contribution in [-0.4, -0.2) is 17.8 Å². The van der Waals surface area contributed by atoms with E-state index in [1.807, 2.05) is 24.3 Å². The normalized spacial score (nSPS) is 10.3. The van der Waals surface area contributed by atoms with E-state index in [1.165, 1.54) is 0 Å². The van der Waals surface area contributed by atoms with Gasteiger partial charge >= 0.3 is 0 Å². The maximum atomic E-state index is 5.19. The molecule has 0 N–H and O–H groups in total. The fourth-order valence-electron chi connectivity index (χ4n) is 1.50. The lowest BCUT2D eigenvalue weighted by molar-refractivity contribution is 0.395. The van der Waals surface area contributed by atoms with Crippen molar-refractivity contribution in [2.75, 3.05) is 12.9 Å². The molecule has 16 heavy (non-hydrogen) atoms. The first-order valence-electron chi connectivity index (χ1n) is 5.02. The number of hydrogen-bond acceptors (Lipinski definition) is 3.